The Bertz CT molecular complexity index is 199. The van der Waals surface area contributed by atoms with E-state index in [0.29, 0.717) is 0 Å². The van der Waals surface area contributed by atoms with Crippen molar-refractivity contribution in [2.45, 2.75) is 58.3 Å². The second kappa shape index (κ2) is 7.11. The molecule has 0 radical (unpaired) electrons. The highest BCUT2D eigenvalue weighted by molar-refractivity contribution is 6.23. The van der Waals surface area contributed by atoms with Crippen molar-refractivity contribution in [3.63, 3.8) is 0 Å². The van der Waals surface area contributed by atoms with E-state index in [9.17, 15) is 0 Å². The van der Waals surface area contributed by atoms with Crippen LogP contribution in [0.2, 0.25) is 0 Å². The van der Waals surface area contributed by atoms with Crippen molar-refractivity contribution in [2.75, 3.05) is 0 Å². The Labute approximate surface area is 94.0 Å². The molecule has 0 aliphatic carbocycles. The maximum atomic E-state index is 6.26. The van der Waals surface area contributed by atoms with E-state index in [2.05, 4.69) is 45.9 Å². The molecule has 0 N–H and O–H groups in total. The summed E-state index contributed by atoms with van der Waals surface area (Å²) in [5.74, 6) is 0. The average molecular weight is 215 g/mol. The minimum absolute atomic E-state index is 0.0696. The monoisotopic (exact) mass is 214 g/mol. The predicted octanol–water partition coefficient (Wildman–Crippen LogP) is 5.09. The van der Waals surface area contributed by atoms with Crippen LogP contribution in [0.1, 0.15) is 53.4 Å². The van der Waals surface area contributed by atoms with Gasteiger partial charge in [-0.3, -0.25) is 0 Å². The topological polar surface area (TPSA) is 0 Å². The van der Waals surface area contributed by atoms with Gasteiger partial charge in [-0.25, -0.2) is 0 Å². The smallest absolute Gasteiger partial charge is 0.0450 e. The summed E-state index contributed by atoms with van der Waals surface area (Å²) >= 11 is 6.26. The van der Waals surface area contributed by atoms with Gasteiger partial charge in [0.25, 0.3) is 0 Å². The molecule has 0 bridgehead atoms. The molecule has 0 aromatic carbocycles. The van der Waals surface area contributed by atoms with Crippen LogP contribution in [0.15, 0.2) is 23.8 Å². The van der Waals surface area contributed by atoms with Gasteiger partial charge in [0.15, 0.2) is 0 Å². The van der Waals surface area contributed by atoms with Gasteiger partial charge in [0, 0.05) is 4.87 Å². The second-order valence-electron chi connectivity index (χ2n) is 4.11. The maximum Gasteiger partial charge on any atom is 0.0450 e. The van der Waals surface area contributed by atoms with Crippen LogP contribution in [0.5, 0.6) is 0 Å². The minimum atomic E-state index is -0.0696. The average Bonchev–Trinajstić information content (AvgIpc) is 2.16. The van der Waals surface area contributed by atoms with Crippen molar-refractivity contribution >= 4 is 11.6 Å². The maximum absolute atomic E-state index is 6.26. The van der Waals surface area contributed by atoms with E-state index in [1.165, 1.54) is 12.0 Å². The Kier molecular flexibility index (Phi) is 7.00. The molecule has 1 atom stereocenters. The van der Waals surface area contributed by atoms with E-state index < -0.39 is 0 Å². The second-order valence-corrected chi connectivity index (χ2v) is 5.02. The molecule has 0 aromatic heterocycles. The Morgan fingerprint density at radius 3 is 2.50 bits per heavy atom. The van der Waals surface area contributed by atoms with Crippen LogP contribution in [0.3, 0.4) is 0 Å². The predicted molar refractivity (Wildman–Crippen MR) is 67.0 cm³/mol. The lowest BCUT2D eigenvalue weighted by Crippen LogP contribution is -2.12. The van der Waals surface area contributed by atoms with E-state index in [1.54, 1.807) is 0 Å². The van der Waals surface area contributed by atoms with E-state index >= 15 is 0 Å². The van der Waals surface area contributed by atoms with E-state index in [0.717, 1.165) is 19.3 Å². The van der Waals surface area contributed by atoms with Crippen molar-refractivity contribution in [1.29, 1.82) is 0 Å². The van der Waals surface area contributed by atoms with Gasteiger partial charge < -0.3 is 0 Å². The van der Waals surface area contributed by atoms with Gasteiger partial charge in [0.05, 0.1) is 0 Å². The van der Waals surface area contributed by atoms with Crippen LogP contribution in [0.4, 0.5) is 0 Å². The first-order valence-electron chi connectivity index (χ1n) is 5.54. The molecule has 0 amide bonds. The van der Waals surface area contributed by atoms with Crippen molar-refractivity contribution < 1.29 is 0 Å². The fourth-order valence-corrected chi connectivity index (χ4v) is 1.10. The molecule has 0 aliphatic heterocycles. The molecule has 0 aliphatic rings. The van der Waals surface area contributed by atoms with Crippen LogP contribution in [0, 0.1) is 0 Å². The highest BCUT2D eigenvalue weighted by Crippen LogP contribution is 2.24. The van der Waals surface area contributed by atoms with E-state index in [4.69, 9.17) is 11.6 Å². The fraction of sp³-hybridized carbons (Fsp3) is 0.692. The Morgan fingerprint density at radius 1 is 1.36 bits per heavy atom. The summed E-state index contributed by atoms with van der Waals surface area (Å²) in [6.07, 6.45) is 11.0. The molecule has 0 saturated carbocycles. The summed E-state index contributed by atoms with van der Waals surface area (Å²) in [4.78, 5) is -0.0696. The lowest BCUT2D eigenvalue weighted by molar-refractivity contribution is 0.615. The molecule has 82 valence electrons. The Balaban J connectivity index is 3.99. The molecular weight excluding hydrogens is 192 g/mol. The van der Waals surface area contributed by atoms with Gasteiger partial charge >= 0.3 is 0 Å². The number of hydrogen-bond acceptors (Lipinski definition) is 0. The lowest BCUT2D eigenvalue weighted by atomic mass is 10.0. The third-order valence-corrected chi connectivity index (χ3v) is 2.84. The zero-order valence-corrected chi connectivity index (χ0v) is 10.7. The molecule has 0 spiro atoms. The standard InChI is InChI=1S/C13H23Cl/c1-5-7-8-9-12(3)10-11-13(4,14)6-2/h8-10H,5-7,11H2,1-4H3/b9-8-,12-10+. The van der Waals surface area contributed by atoms with Crippen molar-refractivity contribution in [3.05, 3.63) is 23.8 Å². The highest BCUT2D eigenvalue weighted by atomic mass is 35.5. The molecular formula is C13H23Cl. The van der Waals surface area contributed by atoms with E-state index in [-0.39, 0.29) is 4.87 Å². The first-order chi connectivity index (χ1) is 6.52. The minimum Gasteiger partial charge on any atom is -0.119 e. The molecule has 0 aromatic rings. The zero-order chi connectivity index (χ0) is 11.0. The molecule has 0 fully saturated rings. The summed E-state index contributed by atoms with van der Waals surface area (Å²) in [5, 5.41) is 0. The van der Waals surface area contributed by atoms with Crippen molar-refractivity contribution in [3.8, 4) is 0 Å². The normalized spacial score (nSPS) is 17.4. The highest BCUT2D eigenvalue weighted by Gasteiger charge is 2.15. The molecule has 14 heavy (non-hydrogen) atoms. The van der Waals surface area contributed by atoms with Crippen LogP contribution < -0.4 is 0 Å². The first-order valence-corrected chi connectivity index (χ1v) is 5.92. The number of halogens is 1. The van der Waals surface area contributed by atoms with Gasteiger partial charge in [-0.15, -0.1) is 11.6 Å². The lowest BCUT2D eigenvalue weighted by Gasteiger charge is -2.17. The van der Waals surface area contributed by atoms with Crippen LogP contribution in [-0.4, -0.2) is 4.87 Å². The number of allylic oxidation sites excluding steroid dienone is 4. The van der Waals surface area contributed by atoms with Crippen molar-refractivity contribution in [2.24, 2.45) is 0 Å². The number of hydrogen-bond donors (Lipinski definition) is 0. The summed E-state index contributed by atoms with van der Waals surface area (Å²) < 4.78 is 0. The summed E-state index contributed by atoms with van der Waals surface area (Å²) in [6.45, 7) is 8.54. The summed E-state index contributed by atoms with van der Waals surface area (Å²) in [7, 11) is 0. The molecule has 0 rings (SSSR count). The largest absolute Gasteiger partial charge is 0.119 e. The van der Waals surface area contributed by atoms with Crippen LogP contribution in [-0.2, 0) is 0 Å². The van der Waals surface area contributed by atoms with Gasteiger partial charge in [-0.2, -0.15) is 0 Å². The number of rotatable bonds is 6. The third kappa shape index (κ3) is 7.20. The SMILES string of the molecule is CCC/C=C\C(C)=C\CC(C)(Cl)CC. The number of unbranched alkanes of at least 4 members (excludes halogenated alkanes) is 1. The Morgan fingerprint density at radius 2 is 2.00 bits per heavy atom. The van der Waals surface area contributed by atoms with E-state index in [1.807, 2.05) is 0 Å². The number of alkyl halides is 1. The third-order valence-electron chi connectivity index (χ3n) is 2.42. The molecule has 1 heteroatoms. The quantitative estimate of drug-likeness (QED) is 0.427. The van der Waals surface area contributed by atoms with Crippen LogP contribution >= 0.6 is 11.6 Å². The molecule has 1 unspecified atom stereocenters. The van der Waals surface area contributed by atoms with Gasteiger partial charge in [0.2, 0.25) is 0 Å². The Hall–Kier alpha value is -0.230. The first kappa shape index (κ1) is 13.8. The van der Waals surface area contributed by atoms with Gasteiger partial charge in [-0.05, 0) is 33.1 Å². The summed E-state index contributed by atoms with van der Waals surface area (Å²) in [6, 6.07) is 0. The van der Waals surface area contributed by atoms with Crippen molar-refractivity contribution in [1.82, 2.24) is 0 Å². The van der Waals surface area contributed by atoms with Gasteiger partial charge in [0.1, 0.15) is 0 Å². The molecule has 0 saturated heterocycles. The zero-order valence-electron chi connectivity index (χ0n) is 9.94. The molecule has 0 heterocycles. The van der Waals surface area contributed by atoms with Gasteiger partial charge in [-0.1, -0.05) is 44.1 Å². The fourth-order valence-electron chi connectivity index (χ4n) is 1.02. The molecule has 0 nitrogen and oxygen atoms in total. The van der Waals surface area contributed by atoms with Crippen LogP contribution in [0.25, 0.3) is 0 Å². The summed E-state index contributed by atoms with van der Waals surface area (Å²) in [5.41, 5.74) is 1.32.